The Labute approximate surface area is 585 Å². The highest BCUT2D eigenvalue weighted by Crippen LogP contribution is 2.59. The van der Waals surface area contributed by atoms with Crippen molar-refractivity contribution in [2.45, 2.75) is 211 Å². The number of anilines is 1. The van der Waals surface area contributed by atoms with E-state index in [2.05, 4.69) is 168 Å². The van der Waals surface area contributed by atoms with Gasteiger partial charge in [0.05, 0.1) is 18.6 Å². The van der Waals surface area contributed by atoms with Gasteiger partial charge in [-0.1, -0.05) is 99.5 Å². The smallest absolute Gasteiger partial charge is 0.394 e. The van der Waals surface area contributed by atoms with Gasteiger partial charge in [0.15, 0.2) is 24.1 Å². The summed E-state index contributed by atoms with van der Waals surface area (Å²) in [7, 11) is -7.92. The molecule has 2 saturated heterocycles. The van der Waals surface area contributed by atoms with Gasteiger partial charge in [-0.3, -0.25) is 33.1 Å². The molecular weight excluding hydrogens is 1320 g/mol. The number of ketones is 2. The molecule has 0 spiro atoms. The largest absolute Gasteiger partial charge is 0.481 e. The predicted molar refractivity (Wildman–Crippen MR) is 379 cm³/mol. The molecule has 4 heterocycles. The first-order valence-corrected chi connectivity index (χ1v) is 38.2. The first-order valence-electron chi connectivity index (χ1n) is 34.6. The maximum absolute atomic E-state index is 13.8. The molecule has 1 aliphatic carbocycles. The van der Waals surface area contributed by atoms with Gasteiger partial charge < -0.3 is 70.0 Å². The first kappa shape index (κ1) is 77.7. The van der Waals surface area contributed by atoms with Crippen LogP contribution in [0, 0.1) is 5.92 Å². The average Bonchev–Trinajstić information content (AvgIpc) is 1.57. The number of hydrogen-bond donors (Lipinski definition) is 9. The number of Topliss-reactive ketones (excluding diaryl/α,β-unsaturated/α-hetero) is 2. The number of benzene rings is 4. The minimum absolute atomic E-state index is 0.0482. The molecule has 0 aromatic heterocycles. The van der Waals surface area contributed by atoms with Gasteiger partial charge in [-0.15, -0.1) is 0 Å². The number of phosphoric acid groups is 1. The molecule has 0 bridgehead atoms. The van der Waals surface area contributed by atoms with Crippen LogP contribution in [-0.4, -0.2) is 177 Å². The number of carbonyl (C=O) groups is 5. The molecule has 4 aromatic carbocycles. The molecule has 100 heavy (non-hydrogen) atoms. The average molecular weight is 1430 g/mol. The van der Waals surface area contributed by atoms with Gasteiger partial charge in [0.1, 0.15) is 67.6 Å². The molecule has 14 atom stereocenters. The summed E-state index contributed by atoms with van der Waals surface area (Å²) in [6, 6.07) is 22.9. The zero-order valence-electron chi connectivity index (χ0n) is 58.8. The lowest BCUT2D eigenvalue weighted by Gasteiger charge is -2.49. The monoisotopic (exact) mass is 1420 g/mol. The zero-order chi connectivity index (χ0) is 72.6. The second-order valence-electron chi connectivity index (χ2n) is 28.1. The lowest BCUT2D eigenvalue weighted by Crippen LogP contribution is -2.69. The van der Waals surface area contributed by atoms with Gasteiger partial charge in [-0.25, -0.2) is 8.88 Å². The number of carbonyl (C=O) groups excluding carboxylic acids is 5. The SMILES string of the molecule is CC(=O)NC1C(OP(=O)(O)OP(C)(=O)O)OC(CO)C(OC2OC(CO)C(O)C(O[C@H](C)C(=O)CC[C@@H](CCCCNC(=O)CCCCCN3C(=CC=C4C=C(C=CC5=[N+](C)c6ccc7ccccc7c6C5(C)C)CCC4)C(C)(C)c4c3ccc3ccccc43)C(C)=O)C2NC(C)=O)C1O. The van der Waals surface area contributed by atoms with Crippen LogP contribution in [0.15, 0.2) is 120 Å². The van der Waals surface area contributed by atoms with Crippen molar-refractivity contribution in [3.8, 4) is 0 Å². The summed E-state index contributed by atoms with van der Waals surface area (Å²) in [6.07, 6.45) is 3.94. The summed E-state index contributed by atoms with van der Waals surface area (Å²) in [6.45, 7) is 14.3. The quantitative estimate of drug-likeness (QED) is 0.0129. The molecule has 4 aromatic rings. The van der Waals surface area contributed by atoms with E-state index in [4.69, 9.17) is 23.5 Å². The van der Waals surface area contributed by atoms with Crippen LogP contribution in [0.1, 0.15) is 144 Å². The van der Waals surface area contributed by atoms with Crippen molar-refractivity contribution < 1.29 is 95.7 Å². The molecule has 0 saturated carbocycles. The van der Waals surface area contributed by atoms with Crippen LogP contribution in [0.4, 0.5) is 11.4 Å². The summed E-state index contributed by atoms with van der Waals surface area (Å²) >= 11 is 0. The van der Waals surface area contributed by atoms with Gasteiger partial charge >= 0.3 is 15.4 Å². The number of nitrogens with one attached hydrogen (secondary N) is 3. The number of allylic oxidation sites excluding steroid dienone is 8. The fourth-order valence-electron chi connectivity index (χ4n) is 14.9. The molecule has 0 radical (unpaired) electrons. The van der Waals surface area contributed by atoms with E-state index in [0.29, 0.717) is 45.3 Å². The summed E-state index contributed by atoms with van der Waals surface area (Å²) in [5.41, 5.74) is 9.88. The summed E-state index contributed by atoms with van der Waals surface area (Å²) < 4.78 is 59.7. The third-order valence-corrected chi connectivity index (χ3v) is 22.3. The first-order chi connectivity index (χ1) is 47.3. The van der Waals surface area contributed by atoms with E-state index in [-0.39, 0.29) is 35.4 Å². The van der Waals surface area contributed by atoms with Crippen molar-refractivity contribution in [1.82, 2.24) is 16.0 Å². The summed E-state index contributed by atoms with van der Waals surface area (Å²) in [5.74, 6) is -2.68. The molecule has 9 rings (SSSR count). The minimum atomic E-state index is -5.45. The third kappa shape index (κ3) is 18.5. The van der Waals surface area contributed by atoms with E-state index in [1.54, 1.807) is 0 Å². The predicted octanol–water partition coefficient (Wildman–Crippen LogP) is 8.95. The minimum Gasteiger partial charge on any atom is -0.394 e. The zero-order valence-corrected chi connectivity index (χ0v) is 60.6. The second kappa shape index (κ2) is 33.3. The maximum Gasteiger partial charge on any atom is 0.481 e. The summed E-state index contributed by atoms with van der Waals surface area (Å²) in [4.78, 5) is 87.2. The normalized spacial score (nSPS) is 26.8. The van der Waals surface area contributed by atoms with Gasteiger partial charge in [0.25, 0.3) is 0 Å². The fourth-order valence-corrected chi connectivity index (χ4v) is 17.0. The van der Waals surface area contributed by atoms with Crippen molar-refractivity contribution in [1.29, 1.82) is 0 Å². The topological polar surface area (TPSA) is 339 Å². The molecular formula is C74H100N5O19P2+. The van der Waals surface area contributed by atoms with E-state index in [1.807, 2.05) is 0 Å². The fraction of sp³-hybridized carbons (Fsp3) is 0.541. The van der Waals surface area contributed by atoms with Crippen LogP contribution in [0.25, 0.3) is 21.5 Å². The number of nitrogens with zero attached hydrogens (tertiary/aromatic N) is 2. The van der Waals surface area contributed by atoms with E-state index >= 15 is 0 Å². The number of fused-ring (bicyclic) bond motifs is 6. The Balaban J connectivity index is 0.751. The van der Waals surface area contributed by atoms with Crippen LogP contribution in [0.5, 0.6) is 0 Å². The number of rotatable bonds is 31. The number of aliphatic hydroxyl groups excluding tert-OH is 4. The molecule has 12 unspecified atom stereocenters. The maximum atomic E-state index is 13.8. The highest BCUT2D eigenvalue weighted by atomic mass is 31.3. The Bertz CT molecular complexity index is 3930. The number of ether oxygens (including phenoxy) is 4. The number of aliphatic hydroxyl groups is 4. The second-order valence-corrected chi connectivity index (χ2v) is 31.5. The van der Waals surface area contributed by atoms with Gasteiger partial charge in [0.2, 0.25) is 23.4 Å². The number of unbranched alkanes of at least 4 members (excludes halogenated alkanes) is 3. The Morgan fingerprint density at radius 2 is 1.38 bits per heavy atom. The third-order valence-electron chi connectivity index (χ3n) is 19.8. The Kier molecular flexibility index (Phi) is 25.9. The number of phosphoric ester groups is 1. The lowest BCUT2D eigenvalue weighted by atomic mass is 9.79. The van der Waals surface area contributed by atoms with Gasteiger partial charge in [-0.05, 0) is 136 Å². The standard InChI is InChI=1S/C74H99N5O19P2/c1-44(82)50(33-36-57(85)45(2)93-70-66(77-47(4)84)71(94-58(42-80)67(70)87)96-69-59(43-81)95-72(65(68(69)88)76-46(3)83)97-100(91,92)98-99(10,89)90)23-17-18-39-75-62(86)28-12-11-19-40-79-56-35-32-52-25-14-16-27-54(52)64(56)74(7,8)61(79)38-30-49-22-20-21-48(41-49)29-37-60-73(5,6)63-53-26-15-13-24-51(53)31-34-55(63)78(60)9/h13-16,24-27,29-32,34-35,37-38,41,45,50,58-59,65-72,80-81,87-88H,11-12,17-23,28,33,36,39-40,42-43H2,1-10H3,(H4-,75,76,77,83,84,86,89,90,91,92)/p+1/t45-,50-,58?,59?,65?,66?,67?,68?,69?,70?,71?,72?/m1/s1. The van der Waals surface area contributed by atoms with E-state index in [9.17, 15) is 63.3 Å². The highest BCUT2D eigenvalue weighted by Gasteiger charge is 2.55. The number of amides is 3. The van der Waals surface area contributed by atoms with E-state index < -0.39 is 120 Å². The van der Waals surface area contributed by atoms with E-state index in [0.717, 1.165) is 52.5 Å². The Morgan fingerprint density at radius 3 is 2.04 bits per heavy atom. The van der Waals surface area contributed by atoms with Crippen LogP contribution < -0.4 is 20.9 Å². The Hall–Kier alpha value is -6.44. The van der Waals surface area contributed by atoms with Crippen molar-refractivity contribution >= 4 is 83.3 Å². The molecule has 5 aliphatic rings. The van der Waals surface area contributed by atoms with Crippen molar-refractivity contribution in [3.05, 3.63) is 131 Å². The molecule has 544 valence electrons. The highest BCUT2D eigenvalue weighted by molar-refractivity contribution is 7.63. The molecule has 24 nitrogen and oxygen atoms in total. The molecule has 9 N–H and O–H groups in total. The lowest BCUT2D eigenvalue weighted by molar-refractivity contribution is -0.401. The molecule has 4 aliphatic heterocycles. The van der Waals surface area contributed by atoms with E-state index in [1.165, 1.54) is 80.4 Å². The van der Waals surface area contributed by atoms with Crippen LogP contribution in [0.3, 0.4) is 0 Å². The molecule has 3 amide bonds. The van der Waals surface area contributed by atoms with Crippen LogP contribution in [0.2, 0.25) is 0 Å². The molecule has 26 heteroatoms. The van der Waals surface area contributed by atoms with Gasteiger partial charge in [0, 0.05) is 86.9 Å². The van der Waals surface area contributed by atoms with Crippen LogP contribution in [-0.2, 0) is 71.7 Å². The van der Waals surface area contributed by atoms with Gasteiger partial charge in [-0.2, -0.15) is 4.58 Å². The van der Waals surface area contributed by atoms with Crippen molar-refractivity contribution in [2.24, 2.45) is 5.92 Å². The Morgan fingerprint density at radius 1 is 0.730 bits per heavy atom. The summed E-state index contributed by atoms with van der Waals surface area (Å²) in [5, 5.41) is 56.7. The van der Waals surface area contributed by atoms with Crippen molar-refractivity contribution in [2.75, 3.05) is 44.9 Å². The number of hydrogen-bond acceptors (Lipinski definition) is 18. The van der Waals surface area contributed by atoms with Crippen molar-refractivity contribution in [3.63, 3.8) is 0 Å². The van der Waals surface area contributed by atoms with Crippen LogP contribution >= 0.6 is 15.4 Å². The molecule has 2 fully saturated rings.